The first kappa shape index (κ1) is 17.3. The van der Waals surface area contributed by atoms with E-state index in [1.54, 1.807) is 32.0 Å². The Bertz CT molecular complexity index is 528. The molecule has 0 aliphatic heterocycles. The summed E-state index contributed by atoms with van der Waals surface area (Å²) in [5, 5.41) is 12.2. The number of aryl methyl sites for hydroxylation is 1. The van der Waals surface area contributed by atoms with Crippen molar-refractivity contribution in [3.05, 3.63) is 28.8 Å². The van der Waals surface area contributed by atoms with Gasteiger partial charge in [0, 0.05) is 11.6 Å². The normalized spacial score (nSPS) is 11.0. The number of carbonyl (C=O) groups excluding carboxylic acids is 1. The number of hydrogen-bond donors (Lipinski definition) is 2. The van der Waals surface area contributed by atoms with Crippen LogP contribution in [0.1, 0.15) is 25.8 Å². The molecule has 2 N–H and O–H groups in total. The van der Waals surface area contributed by atoms with E-state index >= 15 is 0 Å². The van der Waals surface area contributed by atoms with Crippen molar-refractivity contribution < 1.29 is 19.4 Å². The molecule has 0 spiro atoms. The van der Waals surface area contributed by atoms with Gasteiger partial charge in [0.15, 0.2) is 6.61 Å². The van der Waals surface area contributed by atoms with Gasteiger partial charge in [-0.2, -0.15) is 0 Å². The smallest absolute Gasteiger partial charge is 0.309 e. The van der Waals surface area contributed by atoms with Gasteiger partial charge in [-0.25, -0.2) is 0 Å². The largest absolute Gasteiger partial charge is 0.484 e. The molecule has 0 radical (unpaired) electrons. The number of amides is 1. The molecule has 0 unspecified atom stereocenters. The summed E-state index contributed by atoms with van der Waals surface area (Å²) in [5.74, 6) is -0.605. The predicted octanol–water partition coefficient (Wildman–Crippen LogP) is 2.64. The van der Waals surface area contributed by atoms with Gasteiger partial charge >= 0.3 is 5.97 Å². The maximum Gasteiger partial charge on any atom is 0.309 e. The standard InChI is InChI=1S/C15H20ClNO4/c1-10-8-11(4-5-12(10)16)21-9-13(18)17-7-6-15(2,3)14(19)20/h4-5,8H,6-7,9H2,1-3H3,(H,17,18)(H,19,20). The van der Waals surface area contributed by atoms with Gasteiger partial charge in [0.25, 0.3) is 5.91 Å². The quantitative estimate of drug-likeness (QED) is 0.811. The number of carbonyl (C=O) groups is 2. The molecule has 21 heavy (non-hydrogen) atoms. The minimum absolute atomic E-state index is 0.116. The fourth-order valence-electron chi connectivity index (χ4n) is 1.53. The molecule has 0 aliphatic carbocycles. The highest BCUT2D eigenvalue weighted by Gasteiger charge is 2.26. The number of hydrogen-bond acceptors (Lipinski definition) is 3. The highest BCUT2D eigenvalue weighted by Crippen LogP contribution is 2.21. The highest BCUT2D eigenvalue weighted by atomic mass is 35.5. The fraction of sp³-hybridized carbons (Fsp3) is 0.467. The summed E-state index contributed by atoms with van der Waals surface area (Å²) >= 11 is 5.90. The minimum Gasteiger partial charge on any atom is -0.484 e. The number of rotatable bonds is 7. The number of benzene rings is 1. The first-order chi connectivity index (χ1) is 9.72. The Balaban J connectivity index is 2.34. The Morgan fingerprint density at radius 3 is 2.62 bits per heavy atom. The zero-order chi connectivity index (χ0) is 16.0. The van der Waals surface area contributed by atoms with Crippen molar-refractivity contribution in [1.29, 1.82) is 0 Å². The Hall–Kier alpha value is -1.75. The maximum atomic E-state index is 11.6. The Morgan fingerprint density at radius 1 is 1.38 bits per heavy atom. The lowest BCUT2D eigenvalue weighted by atomic mass is 9.90. The van der Waals surface area contributed by atoms with Gasteiger partial charge in [-0.1, -0.05) is 11.6 Å². The van der Waals surface area contributed by atoms with Crippen LogP contribution in [0.2, 0.25) is 5.02 Å². The molecule has 0 atom stereocenters. The van der Waals surface area contributed by atoms with Crippen molar-refractivity contribution in [3.8, 4) is 5.75 Å². The molecule has 0 fully saturated rings. The number of carboxylic acid groups (broad SMARTS) is 1. The molecule has 0 bridgehead atoms. The van der Waals surface area contributed by atoms with Gasteiger partial charge in [0.2, 0.25) is 0 Å². The van der Waals surface area contributed by atoms with E-state index < -0.39 is 11.4 Å². The lowest BCUT2D eigenvalue weighted by Crippen LogP contribution is -2.34. The van der Waals surface area contributed by atoms with E-state index in [-0.39, 0.29) is 12.5 Å². The number of ether oxygens (including phenoxy) is 1. The maximum absolute atomic E-state index is 11.6. The summed E-state index contributed by atoms with van der Waals surface area (Å²) in [6.45, 7) is 5.27. The van der Waals surface area contributed by atoms with Crippen LogP contribution in [0.15, 0.2) is 18.2 Å². The average Bonchev–Trinajstić information content (AvgIpc) is 2.39. The van der Waals surface area contributed by atoms with Gasteiger partial charge in [0.1, 0.15) is 5.75 Å². The van der Waals surface area contributed by atoms with E-state index in [4.69, 9.17) is 21.4 Å². The van der Waals surface area contributed by atoms with Gasteiger partial charge in [-0.15, -0.1) is 0 Å². The lowest BCUT2D eigenvalue weighted by molar-refractivity contribution is -0.147. The average molecular weight is 314 g/mol. The van der Waals surface area contributed by atoms with Crippen molar-refractivity contribution in [2.75, 3.05) is 13.2 Å². The number of halogens is 1. The third kappa shape index (κ3) is 5.63. The molecule has 6 heteroatoms. The molecular weight excluding hydrogens is 294 g/mol. The van der Waals surface area contributed by atoms with E-state index in [1.165, 1.54) is 0 Å². The van der Waals surface area contributed by atoms with Crippen LogP contribution in [0.4, 0.5) is 0 Å². The van der Waals surface area contributed by atoms with Gasteiger partial charge in [0.05, 0.1) is 5.41 Å². The minimum atomic E-state index is -0.885. The van der Waals surface area contributed by atoms with Gasteiger partial charge in [-0.05, 0) is 51.0 Å². The second-order valence-electron chi connectivity index (χ2n) is 5.49. The Morgan fingerprint density at radius 2 is 2.05 bits per heavy atom. The summed E-state index contributed by atoms with van der Waals surface area (Å²) in [4.78, 5) is 22.5. The van der Waals surface area contributed by atoms with Crippen molar-refractivity contribution in [1.82, 2.24) is 5.32 Å². The van der Waals surface area contributed by atoms with Crippen LogP contribution in [-0.4, -0.2) is 30.1 Å². The summed E-state index contributed by atoms with van der Waals surface area (Å²) in [6, 6.07) is 5.15. The van der Waals surface area contributed by atoms with Crippen LogP contribution in [0.25, 0.3) is 0 Å². The predicted molar refractivity (Wildman–Crippen MR) is 80.7 cm³/mol. The topological polar surface area (TPSA) is 75.6 Å². The third-order valence-electron chi connectivity index (χ3n) is 3.15. The van der Waals surface area contributed by atoms with Crippen LogP contribution in [0.5, 0.6) is 5.75 Å². The van der Waals surface area contributed by atoms with Crippen molar-refractivity contribution in [2.24, 2.45) is 5.41 Å². The zero-order valence-corrected chi connectivity index (χ0v) is 13.2. The van der Waals surface area contributed by atoms with Crippen molar-refractivity contribution >= 4 is 23.5 Å². The third-order valence-corrected chi connectivity index (χ3v) is 3.57. The van der Waals surface area contributed by atoms with Crippen LogP contribution in [-0.2, 0) is 9.59 Å². The first-order valence-corrected chi connectivity index (χ1v) is 6.99. The molecule has 5 nitrogen and oxygen atoms in total. The van der Waals surface area contributed by atoms with E-state index in [9.17, 15) is 9.59 Å². The van der Waals surface area contributed by atoms with Crippen molar-refractivity contribution in [3.63, 3.8) is 0 Å². The number of nitrogens with one attached hydrogen (secondary N) is 1. The second-order valence-corrected chi connectivity index (χ2v) is 5.90. The molecule has 0 aliphatic rings. The Kier molecular flexibility index (Phi) is 6.03. The van der Waals surface area contributed by atoms with E-state index in [0.29, 0.717) is 23.7 Å². The summed E-state index contributed by atoms with van der Waals surface area (Å²) in [6.07, 6.45) is 0.355. The van der Waals surface area contributed by atoms with Crippen LogP contribution in [0.3, 0.4) is 0 Å². The molecular formula is C15H20ClNO4. The zero-order valence-electron chi connectivity index (χ0n) is 12.4. The molecule has 116 valence electrons. The fourth-order valence-corrected chi connectivity index (χ4v) is 1.65. The lowest BCUT2D eigenvalue weighted by Gasteiger charge is -2.18. The molecule has 1 aromatic rings. The molecule has 0 aromatic heterocycles. The van der Waals surface area contributed by atoms with Crippen LogP contribution in [0, 0.1) is 12.3 Å². The Labute approximate surface area is 129 Å². The molecule has 1 amide bonds. The van der Waals surface area contributed by atoms with Gasteiger partial charge in [-0.3, -0.25) is 9.59 Å². The summed E-state index contributed by atoms with van der Waals surface area (Å²) < 4.78 is 5.35. The molecule has 0 saturated carbocycles. The first-order valence-electron chi connectivity index (χ1n) is 6.61. The van der Waals surface area contributed by atoms with Crippen LogP contribution < -0.4 is 10.1 Å². The summed E-state index contributed by atoms with van der Waals surface area (Å²) in [5.41, 5.74) is 0.0133. The highest BCUT2D eigenvalue weighted by molar-refractivity contribution is 6.31. The second kappa shape index (κ2) is 7.31. The van der Waals surface area contributed by atoms with E-state index in [2.05, 4.69) is 5.32 Å². The molecule has 1 aromatic carbocycles. The molecule has 0 saturated heterocycles. The van der Waals surface area contributed by atoms with E-state index in [1.807, 2.05) is 6.92 Å². The molecule has 0 heterocycles. The van der Waals surface area contributed by atoms with Crippen LogP contribution >= 0.6 is 11.6 Å². The monoisotopic (exact) mass is 313 g/mol. The number of aliphatic carboxylic acids is 1. The summed E-state index contributed by atoms with van der Waals surface area (Å²) in [7, 11) is 0. The molecule has 1 rings (SSSR count). The number of carboxylic acids is 1. The SMILES string of the molecule is Cc1cc(OCC(=O)NCCC(C)(C)C(=O)O)ccc1Cl. The van der Waals surface area contributed by atoms with Crippen molar-refractivity contribution in [2.45, 2.75) is 27.2 Å². The van der Waals surface area contributed by atoms with E-state index in [0.717, 1.165) is 5.56 Å². The van der Waals surface area contributed by atoms with Gasteiger partial charge < -0.3 is 15.2 Å².